The number of hydrogen-bond donors (Lipinski definition) is 0. The molecule has 1 nitrogen and oxygen atoms in total. The molecule has 0 spiro atoms. The average Bonchev–Trinajstić information content (AvgIpc) is 2.30. The van der Waals surface area contributed by atoms with Crippen LogP contribution in [0, 0.1) is 5.92 Å². The second-order valence-electron chi connectivity index (χ2n) is 4.13. The molecule has 2 heteroatoms. The van der Waals surface area contributed by atoms with Crippen molar-refractivity contribution in [1.82, 2.24) is 4.98 Å². The van der Waals surface area contributed by atoms with E-state index < -0.39 is 0 Å². The van der Waals surface area contributed by atoms with Gasteiger partial charge in [0, 0.05) is 23.7 Å². The molecule has 0 amide bonds. The third-order valence-corrected chi connectivity index (χ3v) is 3.61. The number of rotatable bonds is 2. The molecule has 1 aromatic rings. The maximum absolute atomic E-state index is 5.86. The summed E-state index contributed by atoms with van der Waals surface area (Å²) in [6.07, 6.45) is 6.95. The molecule has 0 bridgehead atoms. The van der Waals surface area contributed by atoms with Crippen LogP contribution in [0.15, 0.2) is 24.4 Å². The zero-order valence-corrected chi connectivity index (χ0v) is 9.08. The maximum atomic E-state index is 5.86. The van der Waals surface area contributed by atoms with E-state index in [2.05, 4.69) is 17.1 Å². The standard InChI is InChI=1S/C12H16ClN/c13-9-10-4-6-11(7-5-10)12-3-1-2-8-14-12/h1-3,8,10-11H,4-7,9H2. The van der Waals surface area contributed by atoms with E-state index in [9.17, 15) is 0 Å². The SMILES string of the molecule is ClCC1CCC(c2ccccn2)CC1. The largest absolute Gasteiger partial charge is 0.261 e. The molecule has 0 unspecified atom stereocenters. The van der Waals surface area contributed by atoms with Crippen molar-refractivity contribution in [2.75, 3.05) is 5.88 Å². The first-order valence-electron chi connectivity index (χ1n) is 5.37. The number of nitrogens with zero attached hydrogens (tertiary/aromatic N) is 1. The van der Waals surface area contributed by atoms with Crippen LogP contribution in [0.1, 0.15) is 37.3 Å². The van der Waals surface area contributed by atoms with Crippen LogP contribution in [0.2, 0.25) is 0 Å². The average molecular weight is 210 g/mol. The Morgan fingerprint density at radius 1 is 1.21 bits per heavy atom. The van der Waals surface area contributed by atoms with Gasteiger partial charge in [0.15, 0.2) is 0 Å². The third-order valence-electron chi connectivity index (χ3n) is 3.17. The van der Waals surface area contributed by atoms with Gasteiger partial charge in [0.25, 0.3) is 0 Å². The minimum Gasteiger partial charge on any atom is -0.261 e. The van der Waals surface area contributed by atoms with Crippen molar-refractivity contribution in [2.45, 2.75) is 31.6 Å². The minimum atomic E-state index is 0.677. The molecule has 0 radical (unpaired) electrons. The van der Waals surface area contributed by atoms with Crippen molar-refractivity contribution in [2.24, 2.45) is 5.92 Å². The lowest BCUT2D eigenvalue weighted by atomic mass is 9.81. The minimum absolute atomic E-state index is 0.677. The van der Waals surface area contributed by atoms with Crippen molar-refractivity contribution in [1.29, 1.82) is 0 Å². The molecule has 14 heavy (non-hydrogen) atoms. The summed E-state index contributed by atoms with van der Waals surface area (Å²) in [6, 6.07) is 6.20. The zero-order valence-electron chi connectivity index (χ0n) is 8.32. The Labute approximate surface area is 90.5 Å². The molecule has 1 heterocycles. The molecule has 0 aromatic carbocycles. The summed E-state index contributed by atoms with van der Waals surface area (Å²) in [4.78, 5) is 4.42. The quantitative estimate of drug-likeness (QED) is 0.679. The van der Waals surface area contributed by atoms with Crippen LogP contribution < -0.4 is 0 Å². The van der Waals surface area contributed by atoms with E-state index in [1.807, 2.05) is 12.3 Å². The first-order chi connectivity index (χ1) is 6.90. The first-order valence-corrected chi connectivity index (χ1v) is 5.90. The van der Waals surface area contributed by atoms with Crippen LogP contribution in [-0.4, -0.2) is 10.9 Å². The topological polar surface area (TPSA) is 12.9 Å². The molecule has 0 aliphatic heterocycles. The highest BCUT2D eigenvalue weighted by Gasteiger charge is 2.22. The van der Waals surface area contributed by atoms with Crippen LogP contribution in [0.25, 0.3) is 0 Å². The second-order valence-corrected chi connectivity index (χ2v) is 4.44. The lowest BCUT2D eigenvalue weighted by Crippen LogP contribution is -2.14. The van der Waals surface area contributed by atoms with Gasteiger partial charge < -0.3 is 0 Å². The van der Waals surface area contributed by atoms with Gasteiger partial charge in [-0.2, -0.15) is 0 Å². The van der Waals surface area contributed by atoms with Crippen molar-refractivity contribution in [3.63, 3.8) is 0 Å². The summed E-state index contributed by atoms with van der Waals surface area (Å²) in [5, 5.41) is 0. The fourth-order valence-corrected chi connectivity index (χ4v) is 2.54. The summed E-state index contributed by atoms with van der Waals surface area (Å²) in [7, 11) is 0. The predicted molar refractivity (Wildman–Crippen MR) is 59.7 cm³/mol. The van der Waals surface area contributed by atoms with E-state index in [-0.39, 0.29) is 0 Å². The summed E-state index contributed by atoms with van der Waals surface area (Å²) in [6.45, 7) is 0. The lowest BCUT2D eigenvalue weighted by Gasteiger charge is -2.26. The Morgan fingerprint density at radius 3 is 2.57 bits per heavy atom. The van der Waals surface area contributed by atoms with Crippen LogP contribution in [0.3, 0.4) is 0 Å². The van der Waals surface area contributed by atoms with E-state index in [1.54, 1.807) is 0 Å². The fraction of sp³-hybridized carbons (Fsp3) is 0.583. The molecular weight excluding hydrogens is 194 g/mol. The Balaban J connectivity index is 1.96. The fourth-order valence-electron chi connectivity index (χ4n) is 2.23. The van der Waals surface area contributed by atoms with Gasteiger partial charge in [-0.1, -0.05) is 6.07 Å². The molecule has 0 atom stereocenters. The summed E-state index contributed by atoms with van der Waals surface area (Å²) >= 11 is 5.86. The first kappa shape index (κ1) is 9.97. The lowest BCUT2D eigenvalue weighted by molar-refractivity contribution is 0.347. The number of halogens is 1. The van der Waals surface area contributed by atoms with Crippen LogP contribution in [0.4, 0.5) is 0 Å². The Bertz CT molecular complexity index is 265. The molecule has 1 aromatic heterocycles. The van der Waals surface area contributed by atoms with Gasteiger partial charge in [0.1, 0.15) is 0 Å². The van der Waals surface area contributed by atoms with Crippen molar-refractivity contribution in [3.05, 3.63) is 30.1 Å². The van der Waals surface area contributed by atoms with E-state index in [0.717, 1.165) is 11.8 Å². The van der Waals surface area contributed by atoms with Gasteiger partial charge in [-0.15, -0.1) is 11.6 Å². The zero-order chi connectivity index (χ0) is 9.80. The maximum Gasteiger partial charge on any atom is 0.0434 e. The Kier molecular flexibility index (Phi) is 3.41. The van der Waals surface area contributed by atoms with Crippen LogP contribution in [0.5, 0.6) is 0 Å². The number of pyridine rings is 1. The van der Waals surface area contributed by atoms with Gasteiger partial charge >= 0.3 is 0 Å². The van der Waals surface area contributed by atoms with E-state index in [1.165, 1.54) is 31.4 Å². The number of aromatic nitrogens is 1. The predicted octanol–water partition coefficient (Wildman–Crippen LogP) is 3.59. The second kappa shape index (κ2) is 4.79. The van der Waals surface area contributed by atoms with Crippen molar-refractivity contribution in [3.8, 4) is 0 Å². The highest BCUT2D eigenvalue weighted by atomic mass is 35.5. The molecule has 76 valence electrons. The Morgan fingerprint density at radius 2 is 2.00 bits per heavy atom. The molecule has 1 aliphatic rings. The van der Waals surface area contributed by atoms with E-state index >= 15 is 0 Å². The molecule has 0 saturated heterocycles. The molecular formula is C12H16ClN. The van der Waals surface area contributed by atoms with Gasteiger partial charge in [0.2, 0.25) is 0 Å². The van der Waals surface area contributed by atoms with Gasteiger partial charge in [-0.05, 0) is 43.7 Å². The molecule has 0 N–H and O–H groups in total. The Hall–Kier alpha value is -0.560. The number of hydrogen-bond acceptors (Lipinski definition) is 1. The van der Waals surface area contributed by atoms with E-state index in [4.69, 9.17) is 11.6 Å². The highest BCUT2D eigenvalue weighted by molar-refractivity contribution is 6.18. The number of alkyl halides is 1. The smallest absolute Gasteiger partial charge is 0.0434 e. The van der Waals surface area contributed by atoms with Crippen molar-refractivity contribution >= 4 is 11.6 Å². The van der Waals surface area contributed by atoms with Crippen LogP contribution >= 0.6 is 11.6 Å². The molecule has 2 rings (SSSR count). The molecule has 1 fully saturated rings. The van der Waals surface area contributed by atoms with Gasteiger partial charge in [-0.3, -0.25) is 4.98 Å². The van der Waals surface area contributed by atoms with E-state index in [0.29, 0.717) is 5.92 Å². The molecule has 1 aliphatic carbocycles. The van der Waals surface area contributed by atoms with Gasteiger partial charge in [-0.25, -0.2) is 0 Å². The molecule has 1 saturated carbocycles. The summed E-state index contributed by atoms with van der Waals surface area (Å²) in [5.41, 5.74) is 1.26. The summed E-state index contributed by atoms with van der Waals surface area (Å²) in [5.74, 6) is 2.25. The van der Waals surface area contributed by atoms with Crippen molar-refractivity contribution < 1.29 is 0 Å². The highest BCUT2D eigenvalue weighted by Crippen LogP contribution is 2.34. The monoisotopic (exact) mass is 209 g/mol. The van der Waals surface area contributed by atoms with Crippen LogP contribution in [-0.2, 0) is 0 Å². The van der Waals surface area contributed by atoms with Gasteiger partial charge in [0.05, 0.1) is 0 Å². The third kappa shape index (κ3) is 2.27. The normalized spacial score (nSPS) is 27.5. The summed E-state index contributed by atoms with van der Waals surface area (Å²) < 4.78 is 0.